The van der Waals surface area contributed by atoms with E-state index in [-0.39, 0.29) is 22.6 Å². The lowest BCUT2D eigenvalue weighted by atomic mass is 9.96. The highest BCUT2D eigenvalue weighted by Gasteiger charge is 2.53. The van der Waals surface area contributed by atoms with Crippen LogP contribution in [0.2, 0.25) is 0 Å². The lowest BCUT2D eigenvalue weighted by Crippen LogP contribution is -2.44. The highest BCUT2D eigenvalue weighted by molar-refractivity contribution is 6.29. The van der Waals surface area contributed by atoms with Crippen LogP contribution in [-0.4, -0.2) is 66.1 Å². The molecule has 0 spiro atoms. The van der Waals surface area contributed by atoms with Crippen molar-refractivity contribution in [2.24, 2.45) is 5.73 Å². The average molecular weight is 375 g/mol. The Morgan fingerprint density at radius 3 is 2.85 bits per heavy atom. The molecule has 0 bridgehead atoms. The maximum atomic E-state index is 12.0. The SMILES string of the molecule is C[C@@]1(O)[C@H](O)[C@@H](CO)O[C@H]1n1cc2c3c(ncnc31)NC(=O)C=C2C(N)=O. The molecule has 0 aliphatic carbocycles. The molecular formula is C16H17N5O6. The molecule has 2 aliphatic heterocycles. The summed E-state index contributed by atoms with van der Waals surface area (Å²) in [6, 6.07) is 0. The second-order valence-electron chi connectivity index (χ2n) is 6.66. The Labute approximate surface area is 152 Å². The molecule has 0 saturated carbocycles. The molecule has 1 saturated heterocycles. The van der Waals surface area contributed by atoms with Crippen molar-refractivity contribution in [1.29, 1.82) is 0 Å². The summed E-state index contributed by atoms with van der Waals surface area (Å²) in [6.45, 7) is 0.868. The largest absolute Gasteiger partial charge is 0.394 e. The minimum atomic E-state index is -1.76. The molecule has 2 aromatic heterocycles. The topological polar surface area (TPSA) is 173 Å². The minimum Gasteiger partial charge on any atom is -0.394 e. The van der Waals surface area contributed by atoms with Gasteiger partial charge in [-0.25, -0.2) is 9.97 Å². The number of aliphatic hydroxyl groups excluding tert-OH is 2. The van der Waals surface area contributed by atoms with Gasteiger partial charge in [-0.15, -0.1) is 0 Å². The Morgan fingerprint density at radius 2 is 2.22 bits per heavy atom. The zero-order chi connectivity index (χ0) is 19.5. The van der Waals surface area contributed by atoms with E-state index in [0.717, 1.165) is 6.08 Å². The minimum absolute atomic E-state index is 0.0540. The van der Waals surface area contributed by atoms with Gasteiger partial charge < -0.3 is 35.7 Å². The molecular weight excluding hydrogens is 358 g/mol. The summed E-state index contributed by atoms with van der Waals surface area (Å²) in [5, 5.41) is 33.3. The highest BCUT2D eigenvalue weighted by atomic mass is 16.6. The van der Waals surface area contributed by atoms with Crippen molar-refractivity contribution >= 4 is 34.2 Å². The number of rotatable bonds is 3. The third-order valence-electron chi connectivity index (χ3n) is 4.87. The van der Waals surface area contributed by atoms with Gasteiger partial charge in [-0.3, -0.25) is 9.59 Å². The number of amides is 2. The monoisotopic (exact) mass is 375 g/mol. The first-order valence-corrected chi connectivity index (χ1v) is 8.10. The van der Waals surface area contributed by atoms with Crippen LogP contribution in [-0.2, 0) is 14.3 Å². The molecule has 1 fully saturated rings. The molecule has 27 heavy (non-hydrogen) atoms. The standard InChI is InChI=1S/C16H17N5O6/c1-16(26)11(24)8(4-22)27-15(16)21-3-7-6(12(17)25)2-9(23)20-13-10(7)14(21)19-5-18-13/h2-3,5,8,11,15,22,24,26H,4H2,1H3,(H2,17,25)(H,18,19,20,23)/t8-,11-,15-,16-/m1/s1. The summed E-state index contributed by atoms with van der Waals surface area (Å²) >= 11 is 0. The number of carbonyl (C=O) groups excluding carboxylic acids is 2. The van der Waals surface area contributed by atoms with Gasteiger partial charge in [-0.05, 0) is 6.92 Å². The number of aliphatic hydroxyl groups is 3. The van der Waals surface area contributed by atoms with E-state index in [1.807, 2.05) is 0 Å². The van der Waals surface area contributed by atoms with Gasteiger partial charge in [0.05, 0.1) is 17.6 Å². The Bertz CT molecular complexity index is 997. The molecule has 4 heterocycles. The first kappa shape index (κ1) is 17.5. The third kappa shape index (κ3) is 2.44. The van der Waals surface area contributed by atoms with Crippen molar-refractivity contribution in [2.75, 3.05) is 11.9 Å². The summed E-state index contributed by atoms with van der Waals surface area (Å²) < 4.78 is 7.05. The number of nitrogens with two attached hydrogens (primary N) is 1. The first-order chi connectivity index (χ1) is 12.8. The van der Waals surface area contributed by atoms with Crippen molar-refractivity contribution in [3.05, 3.63) is 24.2 Å². The Kier molecular flexibility index (Phi) is 3.78. The normalized spacial score (nSPS) is 30.1. The molecule has 0 unspecified atom stereocenters. The number of ether oxygens (including phenoxy) is 1. The Balaban J connectivity index is 1.97. The average Bonchev–Trinajstić information content (AvgIpc) is 3.03. The van der Waals surface area contributed by atoms with Gasteiger partial charge >= 0.3 is 0 Å². The molecule has 4 atom stereocenters. The van der Waals surface area contributed by atoms with Gasteiger partial charge in [0, 0.05) is 17.8 Å². The van der Waals surface area contributed by atoms with Crippen LogP contribution in [0.5, 0.6) is 0 Å². The second kappa shape index (κ2) is 5.82. The Hall–Kier alpha value is -2.86. The predicted octanol–water partition coefficient (Wildman–Crippen LogP) is -1.75. The zero-order valence-corrected chi connectivity index (χ0v) is 14.2. The van der Waals surface area contributed by atoms with E-state index in [0.29, 0.717) is 5.39 Å². The number of anilines is 1. The van der Waals surface area contributed by atoms with Crippen LogP contribution in [0.15, 0.2) is 18.6 Å². The third-order valence-corrected chi connectivity index (χ3v) is 4.87. The molecule has 2 aliphatic rings. The summed E-state index contributed by atoms with van der Waals surface area (Å²) in [7, 11) is 0. The number of nitrogens with zero attached hydrogens (tertiary/aromatic N) is 3. The van der Waals surface area contributed by atoms with Crippen molar-refractivity contribution < 1.29 is 29.6 Å². The second-order valence-corrected chi connectivity index (χ2v) is 6.66. The van der Waals surface area contributed by atoms with E-state index in [4.69, 9.17) is 10.5 Å². The summed E-state index contributed by atoms with van der Waals surface area (Å²) in [5.74, 6) is -1.22. The number of carbonyl (C=O) groups is 2. The van der Waals surface area contributed by atoms with Crippen LogP contribution < -0.4 is 11.1 Å². The molecule has 2 aromatic rings. The molecule has 11 heteroatoms. The fourth-order valence-electron chi connectivity index (χ4n) is 3.52. The van der Waals surface area contributed by atoms with Gasteiger partial charge in [0.2, 0.25) is 11.8 Å². The van der Waals surface area contributed by atoms with Crippen LogP contribution in [0.1, 0.15) is 18.7 Å². The van der Waals surface area contributed by atoms with E-state index in [1.165, 1.54) is 24.0 Å². The van der Waals surface area contributed by atoms with Gasteiger partial charge in [0.25, 0.3) is 0 Å². The molecule has 0 aromatic carbocycles. The van der Waals surface area contributed by atoms with Gasteiger partial charge in [-0.1, -0.05) is 0 Å². The van der Waals surface area contributed by atoms with Crippen LogP contribution in [0.3, 0.4) is 0 Å². The van der Waals surface area contributed by atoms with E-state index in [9.17, 15) is 24.9 Å². The smallest absolute Gasteiger partial charge is 0.250 e. The molecule has 4 rings (SSSR count). The summed E-state index contributed by atoms with van der Waals surface area (Å²) in [5.41, 5.74) is 4.15. The van der Waals surface area contributed by atoms with Gasteiger partial charge in [-0.2, -0.15) is 0 Å². The van der Waals surface area contributed by atoms with Gasteiger partial charge in [0.1, 0.15) is 35.6 Å². The first-order valence-electron chi connectivity index (χ1n) is 8.10. The Morgan fingerprint density at radius 1 is 1.48 bits per heavy atom. The number of hydrogen-bond donors (Lipinski definition) is 5. The number of hydrogen-bond acceptors (Lipinski definition) is 8. The van der Waals surface area contributed by atoms with Crippen molar-refractivity contribution in [2.45, 2.75) is 31.0 Å². The van der Waals surface area contributed by atoms with Crippen LogP contribution in [0, 0.1) is 0 Å². The zero-order valence-electron chi connectivity index (χ0n) is 14.2. The molecule has 142 valence electrons. The molecule has 2 amide bonds. The molecule has 6 N–H and O–H groups in total. The lowest BCUT2D eigenvalue weighted by Gasteiger charge is -2.27. The van der Waals surface area contributed by atoms with E-state index >= 15 is 0 Å². The summed E-state index contributed by atoms with van der Waals surface area (Å²) in [6.07, 6.45) is 0.234. The van der Waals surface area contributed by atoms with E-state index in [1.54, 1.807) is 0 Å². The number of primary amides is 1. The lowest BCUT2D eigenvalue weighted by molar-refractivity contribution is -0.114. The number of nitrogens with one attached hydrogen (secondary N) is 1. The maximum Gasteiger partial charge on any atom is 0.250 e. The number of aromatic nitrogens is 3. The van der Waals surface area contributed by atoms with E-state index in [2.05, 4.69) is 15.3 Å². The van der Waals surface area contributed by atoms with Crippen molar-refractivity contribution in [1.82, 2.24) is 14.5 Å². The fraction of sp³-hybridized carbons (Fsp3) is 0.375. The predicted molar refractivity (Wildman–Crippen MR) is 91.0 cm³/mol. The van der Waals surface area contributed by atoms with Gasteiger partial charge in [0.15, 0.2) is 6.23 Å². The molecule has 0 radical (unpaired) electrons. The quantitative estimate of drug-likeness (QED) is 0.420. The fourth-order valence-corrected chi connectivity index (χ4v) is 3.52. The van der Waals surface area contributed by atoms with Crippen molar-refractivity contribution in [3.8, 4) is 0 Å². The van der Waals surface area contributed by atoms with Crippen LogP contribution in [0.4, 0.5) is 5.82 Å². The van der Waals surface area contributed by atoms with E-state index < -0.39 is 42.5 Å². The van der Waals surface area contributed by atoms with Crippen LogP contribution in [0.25, 0.3) is 16.6 Å². The summed E-state index contributed by atoms with van der Waals surface area (Å²) in [4.78, 5) is 32.1. The van der Waals surface area contributed by atoms with Crippen molar-refractivity contribution in [3.63, 3.8) is 0 Å². The molecule has 11 nitrogen and oxygen atoms in total. The maximum absolute atomic E-state index is 12.0. The van der Waals surface area contributed by atoms with Crippen LogP contribution >= 0.6 is 0 Å². The highest BCUT2D eigenvalue weighted by Crippen LogP contribution is 2.42.